The Hall–Kier alpha value is -1.67. The Morgan fingerprint density at radius 2 is 1.79 bits per heavy atom. The summed E-state index contributed by atoms with van der Waals surface area (Å²) in [5.41, 5.74) is 5.34. The summed E-state index contributed by atoms with van der Waals surface area (Å²) in [6, 6.07) is -2.58. The third-order valence-corrected chi connectivity index (χ3v) is 2.12. The maximum atomic E-state index is 11.6. The Morgan fingerprint density at radius 1 is 1.26 bits per heavy atom. The summed E-state index contributed by atoms with van der Waals surface area (Å²) in [5.74, 6) is -2.88. The molecule has 5 N–H and O–H groups in total. The molecule has 0 fully saturated rings. The van der Waals surface area contributed by atoms with Crippen LogP contribution in [0, 0.1) is 0 Å². The first-order valence-corrected chi connectivity index (χ1v) is 5.81. The van der Waals surface area contributed by atoms with Crippen LogP contribution in [0.3, 0.4) is 0 Å². The van der Waals surface area contributed by atoms with Crippen LogP contribution in [-0.4, -0.2) is 52.4 Å². The SMILES string of the molecule is CC(C)OC(=O)[C@H](NC(=O)[C@@H](N)CC(=O)O)[C@H](C)O. The monoisotopic (exact) mass is 276 g/mol. The highest BCUT2D eigenvalue weighted by Crippen LogP contribution is 2.01. The molecule has 1 amide bonds. The maximum absolute atomic E-state index is 11.6. The first kappa shape index (κ1) is 17.3. The summed E-state index contributed by atoms with van der Waals surface area (Å²) in [4.78, 5) is 33.6. The molecule has 8 heteroatoms. The molecule has 0 radical (unpaired) electrons. The van der Waals surface area contributed by atoms with Crippen molar-refractivity contribution < 1.29 is 29.3 Å². The van der Waals surface area contributed by atoms with E-state index in [1.165, 1.54) is 6.92 Å². The van der Waals surface area contributed by atoms with Gasteiger partial charge in [-0.05, 0) is 20.8 Å². The van der Waals surface area contributed by atoms with Crippen molar-refractivity contribution in [3.05, 3.63) is 0 Å². The minimum absolute atomic E-state index is 0.404. The highest BCUT2D eigenvalue weighted by molar-refractivity contribution is 5.90. The quantitative estimate of drug-likeness (QED) is 0.419. The summed E-state index contributed by atoms with van der Waals surface area (Å²) in [6.07, 6.45) is -2.16. The molecular weight excluding hydrogens is 256 g/mol. The molecule has 0 saturated carbocycles. The lowest BCUT2D eigenvalue weighted by Crippen LogP contribution is -2.53. The van der Waals surface area contributed by atoms with Crippen molar-refractivity contribution in [3.8, 4) is 0 Å². The van der Waals surface area contributed by atoms with E-state index in [1.807, 2.05) is 0 Å². The maximum Gasteiger partial charge on any atom is 0.331 e. The number of hydrogen-bond acceptors (Lipinski definition) is 6. The number of carboxylic acid groups (broad SMARTS) is 1. The second kappa shape index (κ2) is 7.70. The predicted molar refractivity (Wildman–Crippen MR) is 65.1 cm³/mol. The van der Waals surface area contributed by atoms with E-state index < -0.39 is 48.6 Å². The van der Waals surface area contributed by atoms with Gasteiger partial charge in [0, 0.05) is 0 Å². The molecule has 3 atom stereocenters. The fourth-order valence-electron chi connectivity index (χ4n) is 1.22. The molecule has 110 valence electrons. The Morgan fingerprint density at radius 3 is 2.16 bits per heavy atom. The molecule has 0 aliphatic heterocycles. The lowest BCUT2D eigenvalue weighted by Gasteiger charge is -2.22. The zero-order valence-corrected chi connectivity index (χ0v) is 11.1. The summed E-state index contributed by atoms with van der Waals surface area (Å²) >= 11 is 0. The summed E-state index contributed by atoms with van der Waals surface area (Å²) < 4.78 is 4.86. The highest BCUT2D eigenvalue weighted by Gasteiger charge is 2.30. The van der Waals surface area contributed by atoms with Crippen LogP contribution in [0.2, 0.25) is 0 Å². The minimum Gasteiger partial charge on any atom is -0.481 e. The normalized spacial score (nSPS) is 15.5. The Bertz CT molecular complexity index is 342. The number of nitrogens with two attached hydrogens (primary N) is 1. The Labute approximate surface area is 110 Å². The lowest BCUT2D eigenvalue weighted by molar-refractivity contribution is -0.154. The topological polar surface area (TPSA) is 139 Å². The van der Waals surface area contributed by atoms with E-state index >= 15 is 0 Å². The van der Waals surface area contributed by atoms with Crippen molar-refractivity contribution in [1.29, 1.82) is 0 Å². The fraction of sp³-hybridized carbons (Fsp3) is 0.727. The number of hydrogen-bond donors (Lipinski definition) is 4. The second-order valence-corrected chi connectivity index (χ2v) is 4.42. The highest BCUT2D eigenvalue weighted by atomic mass is 16.5. The summed E-state index contributed by atoms with van der Waals surface area (Å²) in [5, 5.41) is 20.1. The van der Waals surface area contributed by atoms with E-state index in [4.69, 9.17) is 15.6 Å². The van der Waals surface area contributed by atoms with Crippen LogP contribution in [-0.2, 0) is 19.1 Å². The van der Waals surface area contributed by atoms with Crippen molar-refractivity contribution in [2.24, 2.45) is 5.73 Å². The van der Waals surface area contributed by atoms with E-state index in [2.05, 4.69) is 5.32 Å². The number of aliphatic carboxylic acids is 1. The van der Waals surface area contributed by atoms with E-state index in [0.717, 1.165) is 0 Å². The number of rotatable bonds is 7. The van der Waals surface area contributed by atoms with Crippen LogP contribution in [0.1, 0.15) is 27.2 Å². The first-order chi connectivity index (χ1) is 8.65. The van der Waals surface area contributed by atoms with Crippen LogP contribution in [0.25, 0.3) is 0 Å². The zero-order chi connectivity index (χ0) is 15.2. The third-order valence-electron chi connectivity index (χ3n) is 2.12. The van der Waals surface area contributed by atoms with Gasteiger partial charge in [-0.25, -0.2) is 4.79 Å². The standard InChI is InChI=1S/C11H20N2O6/c1-5(2)19-11(18)9(6(3)14)13-10(17)7(12)4-8(15)16/h5-7,9,14H,4,12H2,1-3H3,(H,13,17)(H,15,16)/t6-,7-,9+/m0/s1. The molecule has 0 aliphatic carbocycles. The van der Waals surface area contributed by atoms with Gasteiger partial charge in [-0.15, -0.1) is 0 Å². The molecule has 0 bridgehead atoms. The molecule has 0 aromatic rings. The van der Waals surface area contributed by atoms with Crippen LogP contribution in [0.4, 0.5) is 0 Å². The van der Waals surface area contributed by atoms with Gasteiger partial charge < -0.3 is 26.0 Å². The number of ether oxygens (including phenoxy) is 1. The van der Waals surface area contributed by atoms with Gasteiger partial charge in [-0.1, -0.05) is 0 Å². The smallest absolute Gasteiger partial charge is 0.331 e. The van der Waals surface area contributed by atoms with Crippen LogP contribution in [0.15, 0.2) is 0 Å². The lowest BCUT2D eigenvalue weighted by atomic mass is 10.1. The molecule has 0 aliphatic rings. The van der Waals surface area contributed by atoms with Crippen molar-refractivity contribution in [3.63, 3.8) is 0 Å². The van der Waals surface area contributed by atoms with Gasteiger partial charge in [-0.2, -0.15) is 0 Å². The van der Waals surface area contributed by atoms with E-state index in [1.54, 1.807) is 13.8 Å². The second-order valence-electron chi connectivity index (χ2n) is 4.42. The van der Waals surface area contributed by atoms with Gasteiger partial charge in [-0.3, -0.25) is 9.59 Å². The van der Waals surface area contributed by atoms with Crippen LogP contribution in [0.5, 0.6) is 0 Å². The number of carboxylic acids is 1. The molecular formula is C11H20N2O6. The van der Waals surface area contributed by atoms with Crippen LogP contribution < -0.4 is 11.1 Å². The average Bonchev–Trinajstić information content (AvgIpc) is 2.22. The number of esters is 1. The molecule has 8 nitrogen and oxygen atoms in total. The van der Waals surface area contributed by atoms with Crippen molar-refractivity contribution >= 4 is 17.8 Å². The Kier molecular flexibility index (Phi) is 7.02. The average molecular weight is 276 g/mol. The van der Waals surface area contributed by atoms with Gasteiger partial charge in [0.15, 0.2) is 6.04 Å². The number of amides is 1. The van der Waals surface area contributed by atoms with Gasteiger partial charge >= 0.3 is 11.9 Å². The molecule has 0 aromatic carbocycles. The molecule has 0 aromatic heterocycles. The van der Waals surface area contributed by atoms with Crippen LogP contribution >= 0.6 is 0 Å². The fourth-order valence-corrected chi connectivity index (χ4v) is 1.22. The van der Waals surface area contributed by atoms with E-state index in [9.17, 15) is 19.5 Å². The van der Waals surface area contributed by atoms with Gasteiger partial charge in [0.05, 0.1) is 24.7 Å². The Balaban J connectivity index is 4.62. The molecule has 0 saturated heterocycles. The van der Waals surface area contributed by atoms with Crippen molar-refractivity contribution in [1.82, 2.24) is 5.32 Å². The molecule has 0 unspecified atom stereocenters. The third kappa shape index (κ3) is 6.73. The number of carbonyl (C=O) groups is 3. The number of carbonyl (C=O) groups excluding carboxylic acids is 2. The van der Waals surface area contributed by atoms with Gasteiger partial charge in [0.1, 0.15) is 0 Å². The van der Waals surface area contributed by atoms with Crippen molar-refractivity contribution in [2.45, 2.75) is 51.5 Å². The van der Waals surface area contributed by atoms with E-state index in [0.29, 0.717) is 0 Å². The molecule has 0 spiro atoms. The predicted octanol–water partition coefficient (Wildman–Crippen LogP) is -1.39. The number of aliphatic hydroxyl groups excluding tert-OH is 1. The number of nitrogens with one attached hydrogen (secondary N) is 1. The zero-order valence-electron chi connectivity index (χ0n) is 11.1. The van der Waals surface area contributed by atoms with Gasteiger partial charge in [0.25, 0.3) is 0 Å². The van der Waals surface area contributed by atoms with Crippen molar-refractivity contribution in [2.75, 3.05) is 0 Å². The van der Waals surface area contributed by atoms with E-state index in [-0.39, 0.29) is 0 Å². The summed E-state index contributed by atoms with van der Waals surface area (Å²) in [6.45, 7) is 4.54. The van der Waals surface area contributed by atoms with Gasteiger partial charge in [0.2, 0.25) is 5.91 Å². The number of aliphatic hydroxyl groups is 1. The summed E-state index contributed by atoms with van der Waals surface area (Å²) in [7, 11) is 0. The molecule has 0 heterocycles. The first-order valence-electron chi connectivity index (χ1n) is 5.81. The molecule has 0 rings (SSSR count). The molecule has 19 heavy (non-hydrogen) atoms. The minimum atomic E-state index is -1.30. The largest absolute Gasteiger partial charge is 0.481 e.